The van der Waals surface area contributed by atoms with Gasteiger partial charge in [0.05, 0.1) is 31.4 Å². The minimum absolute atomic E-state index is 0.0906. The standard InChI is InChI=1S/C34H38N2O6/c1-3-41-28-13-10-26(11-14-28)31-30(33(38)34(39)36(31)17-7-16-35-18-20-40-21-19-35)32(37)27-12-15-29(24(2)22-27)42-23-25-8-5-4-6-9-25/h4-6,8-15,22,31,37H,3,7,16-21,23H2,1-2H3/b32-30+/t31-/m1/s1. The van der Waals surface area contributed by atoms with Gasteiger partial charge < -0.3 is 24.2 Å². The lowest BCUT2D eigenvalue weighted by Crippen LogP contribution is -2.38. The number of hydrogen-bond acceptors (Lipinski definition) is 7. The van der Waals surface area contributed by atoms with Crippen molar-refractivity contribution < 1.29 is 28.9 Å². The second-order valence-electron chi connectivity index (χ2n) is 10.6. The van der Waals surface area contributed by atoms with Crippen molar-refractivity contribution >= 4 is 17.4 Å². The first-order valence-corrected chi connectivity index (χ1v) is 14.5. The Balaban J connectivity index is 1.42. The van der Waals surface area contributed by atoms with Crippen LogP contribution in [0.1, 0.15) is 41.6 Å². The van der Waals surface area contributed by atoms with E-state index in [0.717, 1.165) is 36.3 Å². The lowest BCUT2D eigenvalue weighted by atomic mass is 9.94. The molecule has 8 nitrogen and oxygen atoms in total. The highest BCUT2D eigenvalue weighted by atomic mass is 16.5. The van der Waals surface area contributed by atoms with Gasteiger partial charge in [-0.05, 0) is 67.3 Å². The van der Waals surface area contributed by atoms with Crippen molar-refractivity contribution in [2.24, 2.45) is 0 Å². The van der Waals surface area contributed by atoms with Gasteiger partial charge in [-0.1, -0.05) is 42.5 Å². The van der Waals surface area contributed by atoms with Crippen LogP contribution in [0.4, 0.5) is 0 Å². The van der Waals surface area contributed by atoms with E-state index in [0.29, 0.717) is 56.5 Å². The van der Waals surface area contributed by atoms with Crippen LogP contribution < -0.4 is 9.47 Å². The molecule has 0 bridgehead atoms. The molecule has 2 aliphatic heterocycles. The minimum atomic E-state index is -0.709. The number of ether oxygens (including phenoxy) is 3. The van der Waals surface area contributed by atoms with Gasteiger partial charge in [-0.2, -0.15) is 0 Å². The fourth-order valence-electron chi connectivity index (χ4n) is 5.51. The van der Waals surface area contributed by atoms with E-state index >= 15 is 0 Å². The van der Waals surface area contributed by atoms with Gasteiger partial charge in [0.2, 0.25) is 0 Å². The van der Waals surface area contributed by atoms with E-state index in [1.807, 2.05) is 68.4 Å². The highest BCUT2D eigenvalue weighted by Crippen LogP contribution is 2.40. The molecule has 0 saturated carbocycles. The number of carbonyl (C=O) groups excluding carboxylic acids is 2. The molecule has 2 saturated heterocycles. The second-order valence-corrected chi connectivity index (χ2v) is 10.6. The van der Waals surface area contributed by atoms with E-state index in [2.05, 4.69) is 4.90 Å². The van der Waals surface area contributed by atoms with Crippen LogP contribution in [-0.2, 0) is 20.9 Å². The number of aliphatic hydroxyl groups excluding tert-OH is 1. The number of nitrogens with zero attached hydrogens (tertiary/aromatic N) is 2. The molecule has 1 N–H and O–H groups in total. The Labute approximate surface area is 247 Å². The second kappa shape index (κ2) is 13.7. The first-order valence-electron chi connectivity index (χ1n) is 14.5. The van der Waals surface area contributed by atoms with Gasteiger partial charge in [0.25, 0.3) is 11.7 Å². The summed E-state index contributed by atoms with van der Waals surface area (Å²) in [6.45, 7) is 9.05. The molecule has 1 atom stereocenters. The molecule has 3 aromatic carbocycles. The van der Waals surface area contributed by atoms with Gasteiger partial charge in [0.15, 0.2) is 0 Å². The maximum Gasteiger partial charge on any atom is 0.295 e. The zero-order chi connectivity index (χ0) is 29.5. The zero-order valence-corrected chi connectivity index (χ0v) is 24.3. The number of rotatable bonds is 11. The molecule has 0 aromatic heterocycles. The Hall–Kier alpha value is -4.14. The summed E-state index contributed by atoms with van der Waals surface area (Å²) in [5.74, 6) is -0.0911. The average molecular weight is 571 g/mol. The fraction of sp³-hybridized carbons (Fsp3) is 0.353. The monoisotopic (exact) mass is 570 g/mol. The third-order valence-corrected chi connectivity index (χ3v) is 7.71. The lowest BCUT2D eigenvalue weighted by Gasteiger charge is -2.29. The number of benzene rings is 3. The molecule has 220 valence electrons. The highest BCUT2D eigenvalue weighted by molar-refractivity contribution is 6.46. The Morgan fingerprint density at radius 2 is 1.69 bits per heavy atom. The summed E-state index contributed by atoms with van der Waals surface area (Å²) in [7, 11) is 0. The molecule has 8 heteroatoms. The number of aryl methyl sites for hydroxylation is 1. The maximum atomic E-state index is 13.5. The molecule has 2 fully saturated rings. The Morgan fingerprint density at radius 1 is 0.952 bits per heavy atom. The van der Waals surface area contributed by atoms with E-state index in [-0.39, 0.29) is 11.3 Å². The number of carbonyl (C=O) groups is 2. The molecular formula is C34H38N2O6. The van der Waals surface area contributed by atoms with Crippen LogP contribution in [0.25, 0.3) is 5.76 Å². The zero-order valence-electron chi connectivity index (χ0n) is 24.3. The van der Waals surface area contributed by atoms with Gasteiger partial charge in [-0.25, -0.2) is 0 Å². The fourth-order valence-corrected chi connectivity index (χ4v) is 5.51. The van der Waals surface area contributed by atoms with Crippen LogP contribution in [0.3, 0.4) is 0 Å². The quantitative estimate of drug-likeness (QED) is 0.195. The summed E-state index contributed by atoms with van der Waals surface area (Å²) in [5, 5.41) is 11.5. The van der Waals surface area contributed by atoms with Crippen molar-refractivity contribution in [2.75, 3.05) is 46.0 Å². The van der Waals surface area contributed by atoms with Crippen molar-refractivity contribution in [1.29, 1.82) is 0 Å². The van der Waals surface area contributed by atoms with E-state index in [1.165, 1.54) is 0 Å². The number of morpholine rings is 1. The maximum absolute atomic E-state index is 13.5. The molecule has 42 heavy (non-hydrogen) atoms. The molecule has 0 unspecified atom stereocenters. The number of hydrogen-bond donors (Lipinski definition) is 1. The van der Waals surface area contributed by atoms with Crippen molar-refractivity contribution in [2.45, 2.75) is 32.9 Å². The molecular weight excluding hydrogens is 532 g/mol. The van der Waals surface area contributed by atoms with Crippen LogP contribution in [0, 0.1) is 6.92 Å². The third-order valence-electron chi connectivity index (χ3n) is 7.71. The Morgan fingerprint density at radius 3 is 2.38 bits per heavy atom. The third kappa shape index (κ3) is 6.66. The van der Waals surface area contributed by atoms with Crippen molar-refractivity contribution in [3.8, 4) is 11.5 Å². The van der Waals surface area contributed by atoms with E-state index in [9.17, 15) is 14.7 Å². The smallest absolute Gasteiger partial charge is 0.295 e. The molecule has 0 spiro atoms. The first-order chi connectivity index (χ1) is 20.5. The number of amides is 1. The summed E-state index contributed by atoms with van der Waals surface area (Å²) in [6.07, 6.45) is 0.702. The van der Waals surface area contributed by atoms with Crippen LogP contribution in [0.5, 0.6) is 11.5 Å². The van der Waals surface area contributed by atoms with Gasteiger partial charge in [-0.15, -0.1) is 0 Å². The minimum Gasteiger partial charge on any atom is -0.507 e. The average Bonchev–Trinajstić information content (AvgIpc) is 3.27. The Bertz CT molecular complexity index is 1410. The molecule has 0 aliphatic carbocycles. The molecule has 1 amide bonds. The molecule has 2 aliphatic rings. The van der Waals surface area contributed by atoms with Gasteiger partial charge in [0.1, 0.15) is 23.9 Å². The number of likely N-dealkylation sites (tertiary alicyclic amines) is 1. The molecule has 0 radical (unpaired) electrons. The molecule has 2 heterocycles. The number of ketones is 1. The van der Waals surface area contributed by atoms with Crippen molar-refractivity contribution in [3.63, 3.8) is 0 Å². The summed E-state index contributed by atoms with van der Waals surface area (Å²) in [5.41, 5.74) is 3.15. The highest BCUT2D eigenvalue weighted by Gasteiger charge is 2.45. The van der Waals surface area contributed by atoms with E-state index in [4.69, 9.17) is 14.2 Å². The number of Topliss-reactive ketones (excluding diaryl/α,β-unsaturated/α-hetero) is 1. The normalized spacial score (nSPS) is 18.8. The summed E-state index contributed by atoms with van der Waals surface area (Å²) in [6, 6.07) is 21.8. The molecule has 5 rings (SSSR count). The molecule has 3 aromatic rings. The SMILES string of the molecule is CCOc1ccc([C@@H]2/C(=C(\O)c3ccc(OCc4ccccc4)c(C)c3)C(=O)C(=O)N2CCCN2CCOCC2)cc1. The predicted octanol–water partition coefficient (Wildman–Crippen LogP) is 5.12. The first kappa shape index (κ1) is 29.4. The van der Waals surface area contributed by atoms with E-state index < -0.39 is 17.7 Å². The van der Waals surface area contributed by atoms with Crippen molar-refractivity contribution in [3.05, 3.63) is 101 Å². The number of aliphatic hydroxyl groups is 1. The van der Waals surface area contributed by atoms with Crippen LogP contribution in [-0.4, -0.2) is 72.6 Å². The van der Waals surface area contributed by atoms with Gasteiger partial charge >= 0.3 is 0 Å². The van der Waals surface area contributed by atoms with Gasteiger partial charge in [-0.3, -0.25) is 14.5 Å². The summed E-state index contributed by atoms with van der Waals surface area (Å²) < 4.78 is 17.0. The van der Waals surface area contributed by atoms with Crippen LogP contribution in [0.2, 0.25) is 0 Å². The Kier molecular flexibility index (Phi) is 9.56. The summed E-state index contributed by atoms with van der Waals surface area (Å²) >= 11 is 0. The largest absolute Gasteiger partial charge is 0.507 e. The summed E-state index contributed by atoms with van der Waals surface area (Å²) in [4.78, 5) is 30.7. The predicted molar refractivity (Wildman–Crippen MR) is 160 cm³/mol. The van der Waals surface area contributed by atoms with Crippen molar-refractivity contribution in [1.82, 2.24) is 9.80 Å². The lowest BCUT2D eigenvalue weighted by molar-refractivity contribution is -0.140. The van der Waals surface area contributed by atoms with Crippen LogP contribution in [0.15, 0.2) is 78.4 Å². The topological polar surface area (TPSA) is 88.5 Å². The van der Waals surface area contributed by atoms with Gasteiger partial charge in [0, 0.05) is 31.7 Å². The van der Waals surface area contributed by atoms with Crippen LogP contribution >= 0.6 is 0 Å². The van der Waals surface area contributed by atoms with E-state index in [1.54, 1.807) is 23.1 Å².